The van der Waals surface area contributed by atoms with E-state index < -0.39 is 47.4 Å². The Morgan fingerprint density at radius 2 is 1.92 bits per heavy atom. The summed E-state index contributed by atoms with van der Waals surface area (Å²) in [5.74, 6) is -1.59. The molecule has 0 saturated carbocycles. The van der Waals surface area contributed by atoms with Crippen molar-refractivity contribution in [3.63, 3.8) is 0 Å². The molecule has 1 aliphatic carbocycles. The number of carbonyl (C=O) groups excluding carboxylic acids is 4. The summed E-state index contributed by atoms with van der Waals surface area (Å²) in [5, 5.41) is 8.18. The molecule has 3 aliphatic heterocycles. The van der Waals surface area contributed by atoms with Gasteiger partial charge in [-0.05, 0) is 62.4 Å². The molecular weight excluding hydrogens is 809 g/mol. The fourth-order valence-corrected chi connectivity index (χ4v) is 10.9. The van der Waals surface area contributed by atoms with Crippen molar-refractivity contribution in [2.45, 2.75) is 104 Å². The van der Waals surface area contributed by atoms with Gasteiger partial charge in [0.2, 0.25) is 5.91 Å². The van der Waals surface area contributed by atoms with Crippen LogP contribution in [0.25, 0.3) is 33.4 Å². The number of aryl methyl sites for hydroxylation is 1. The number of hydrogen-bond acceptors (Lipinski definition) is 11. The van der Waals surface area contributed by atoms with Crippen LogP contribution in [0.2, 0.25) is 0 Å². The second-order valence-corrected chi connectivity index (χ2v) is 19.2. The average molecular weight is 869 g/mol. The fourth-order valence-electron chi connectivity index (χ4n) is 10.0. The van der Waals surface area contributed by atoms with Crippen LogP contribution >= 0.6 is 11.3 Å². The number of methoxy groups -OCH3 is 2. The topological polar surface area (TPSA) is 160 Å². The minimum atomic E-state index is -1.05. The maximum Gasteiger partial charge on any atom is 0.324 e. The molecule has 6 heterocycles. The monoisotopic (exact) mass is 868 g/mol. The molecule has 2 saturated heterocycles. The first-order valence-corrected chi connectivity index (χ1v) is 22.7. The van der Waals surface area contributed by atoms with Gasteiger partial charge in [0, 0.05) is 105 Å². The molecule has 4 amide bonds. The normalized spacial score (nSPS) is 23.6. The largest absolute Gasteiger partial charge is 0.464 e. The number of esters is 1. The Morgan fingerprint density at radius 1 is 1.15 bits per heavy atom. The lowest BCUT2D eigenvalue weighted by Gasteiger charge is -2.45. The Balaban J connectivity index is 1.17. The highest BCUT2D eigenvalue weighted by atomic mass is 32.1. The van der Waals surface area contributed by atoms with Gasteiger partial charge >= 0.3 is 12.0 Å². The summed E-state index contributed by atoms with van der Waals surface area (Å²) in [6.45, 7) is 14.3. The molecule has 1 unspecified atom stereocenters. The zero-order valence-corrected chi connectivity index (χ0v) is 38.1. The summed E-state index contributed by atoms with van der Waals surface area (Å²) in [5.41, 5.74) is 9.32. The number of fused-ring (bicyclic) bond motifs is 8. The summed E-state index contributed by atoms with van der Waals surface area (Å²) >= 11 is 1.42. The van der Waals surface area contributed by atoms with Crippen LogP contribution in [0.1, 0.15) is 82.7 Å². The van der Waals surface area contributed by atoms with E-state index >= 15 is 0 Å². The quantitative estimate of drug-likeness (QED) is 0.208. The molecule has 0 radical (unpaired) electrons. The number of carbonyl (C=O) groups is 4. The lowest BCUT2D eigenvalue weighted by Crippen LogP contribution is -2.63. The first-order valence-electron chi connectivity index (χ1n) is 21.8. The highest BCUT2D eigenvalue weighted by Gasteiger charge is 2.48. The van der Waals surface area contributed by atoms with E-state index in [2.05, 4.69) is 60.3 Å². The maximum absolute atomic E-state index is 14.6. The number of pyridine rings is 1. The second kappa shape index (κ2) is 17.3. The van der Waals surface area contributed by atoms with Crippen molar-refractivity contribution in [1.82, 2.24) is 40.1 Å². The average Bonchev–Trinajstić information content (AvgIpc) is 3.85. The van der Waals surface area contributed by atoms with E-state index in [-0.39, 0.29) is 42.9 Å². The van der Waals surface area contributed by atoms with Gasteiger partial charge in [-0.15, -0.1) is 11.3 Å². The van der Waals surface area contributed by atoms with Gasteiger partial charge < -0.3 is 33.9 Å². The molecule has 4 aromatic rings. The second-order valence-electron chi connectivity index (χ2n) is 18.3. The van der Waals surface area contributed by atoms with Crippen molar-refractivity contribution in [2.24, 2.45) is 17.3 Å². The fraction of sp³-hybridized carbons (Fsp3) is 0.565. The highest BCUT2D eigenvalue weighted by Crippen LogP contribution is 2.57. The summed E-state index contributed by atoms with van der Waals surface area (Å²) in [4.78, 5) is 69.8. The Bertz CT molecular complexity index is 2350. The number of likely N-dealkylation sites (tertiary alicyclic amines) is 1. The number of urea groups is 1. The number of aromatic nitrogens is 3. The van der Waals surface area contributed by atoms with Gasteiger partial charge in [-0.25, -0.2) is 15.2 Å². The van der Waals surface area contributed by atoms with Gasteiger partial charge in [0.05, 0.1) is 34.8 Å². The number of benzene rings is 1. The zero-order valence-electron chi connectivity index (χ0n) is 37.3. The number of cyclic esters (lactones) is 1. The van der Waals surface area contributed by atoms with Crippen molar-refractivity contribution in [3.8, 4) is 22.5 Å². The van der Waals surface area contributed by atoms with Crippen LogP contribution < -0.4 is 10.7 Å². The summed E-state index contributed by atoms with van der Waals surface area (Å²) < 4.78 is 20.4. The molecule has 332 valence electrons. The first-order chi connectivity index (χ1) is 29.7. The predicted octanol–water partition coefficient (Wildman–Crippen LogP) is 5.78. The molecule has 3 aromatic heterocycles. The minimum Gasteiger partial charge on any atom is -0.464 e. The lowest BCUT2D eigenvalue weighted by molar-refractivity contribution is -0.156. The number of rotatable bonds is 8. The molecule has 8 rings (SSSR count). The molecule has 4 aliphatic rings. The standard InChI is InChI=1S/C46H60N8O7S/c1-10-53-34-16-15-27-19-30(34)36-37(41(60-9)38-29(40(36)53)13-11-17-47-38)46(5,6)24-61-44(57)31-14-12-18-54(50-31)43(56)32(20-35-48-33(27)23-62-35)49-42(55)39(25(2)3)51(7)45(58)52-21-28(22-52)26(4)59-8/h11,13,15-17,19,23,25-26,28,31-32,37,39,41,50H,10,12,14,18,20-22,24H2,1-9H3,(H,49,55)/t26-,31+,32+,37?,39+,41+/m1/s1. The van der Waals surface area contributed by atoms with Gasteiger partial charge in [-0.3, -0.25) is 24.4 Å². The first kappa shape index (κ1) is 43.7. The van der Waals surface area contributed by atoms with Crippen molar-refractivity contribution in [3.05, 3.63) is 58.2 Å². The van der Waals surface area contributed by atoms with Gasteiger partial charge in [0.15, 0.2) is 0 Å². The van der Waals surface area contributed by atoms with E-state index in [1.54, 1.807) is 32.4 Å². The Morgan fingerprint density at radius 3 is 2.63 bits per heavy atom. The third-order valence-corrected chi connectivity index (χ3v) is 14.4. The van der Waals surface area contributed by atoms with E-state index in [1.807, 2.05) is 32.2 Å². The van der Waals surface area contributed by atoms with Crippen LogP contribution in [0.4, 0.5) is 4.79 Å². The minimum absolute atomic E-state index is 0.0170. The molecule has 6 atom stereocenters. The highest BCUT2D eigenvalue weighted by molar-refractivity contribution is 7.10. The van der Waals surface area contributed by atoms with E-state index in [9.17, 15) is 19.2 Å². The van der Waals surface area contributed by atoms with E-state index in [0.717, 1.165) is 51.2 Å². The number of thiazole rings is 1. The number of hydrazine groups is 1. The Labute approximate surface area is 367 Å². The Kier molecular flexibility index (Phi) is 12.2. The smallest absolute Gasteiger partial charge is 0.324 e. The lowest BCUT2D eigenvalue weighted by atomic mass is 9.67. The van der Waals surface area contributed by atoms with E-state index in [4.69, 9.17) is 24.2 Å². The summed E-state index contributed by atoms with van der Waals surface area (Å²) in [6, 6.07) is 7.53. The molecule has 15 nitrogen and oxygen atoms in total. The number of likely N-dealkylation sites (N-methyl/N-ethyl adjacent to an activating group) is 1. The molecule has 1 aromatic carbocycles. The van der Waals surface area contributed by atoms with E-state index in [1.165, 1.54) is 21.2 Å². The van der Waals surface area contributed by atoms with Gasteiger partial charge in [-0.1, -0.05) is 33.8 Å². The van der Waals surface area contributed by atoms with Gasteiger partial charge in [0.25, 0.3) is 5.91 Å². The van der Waals surface area contributed by atoms with Crippen molar-refractivity contribution >= 4 is 46.1 Å². The van der Waals surface area contributed by atoms with Crippen LogP contribution in [-0.2, 0) is 41.6 Å². The SMILES string of the molecule is CCn1c2c3c4cc(ccc41)-c1csc(n1)C[C@H](NC(=O)[C@H](C(C)C)N(C)C(=O)N1CC([C@@H](C)OC)C1)C(=O)N1CCC[C@H](N1)C(=O)OCC(C)(C)C3[C@H](OC)c1ncccc1-2. The molecule has 2 fully saturated rings. The third-order valence-electron chi connectivity index (χ3n) is 13.5. The van der Waals surface area contributed by atoms with Crippen LogP contribution in [-0.4, -0.2) is 125 Å². The summed E-state index contributed by atoms with van der Waals surface area (Å²) in [6.07, 6.45) is 2.52. The number of nitrogens with one attached hydrogen (secondary N) is 2. The van der Waals surface area contributed by atoms with Crippen molar-refractivity contribution in [1.29, 1.82) is 0 Å². The Hall–Kier alpha value is -4.90. The molecule has 6 bridgehead atoms. The van der Waals surface area contributed by atoms with Crippen molar-refractivity contribution < 1.29 is 33.4 Å². The number of amides is 4. The summed E-state index contributed by atoms with van der Waals surface area (Å²) in [7, 11) is 5.01. The molecule has 16 heteroatoms. The number of hydrogen-bond donors (Lipinski definition) is 2. The molecule has 2 N–H and O–H groups in total. The maximum atomic E-state index is 14.6. The predicted molar refractivity (Wildman–Crippen MR) is 236 cm³/mol. The van der Waals surface area contributed by atoms with Crippen LogP contribution in [0.5, 0.6) is 0 Å². The van der Waals surface area contributed by atoms with Gasteiger partial charge in [0.1, 0.15) is 24.2 Å². The molecule has 62 heavy (non-hydrogen) atoms. The molecule has 0 spiro atoms. The van der Waals surface area contributed by atoms with Crippen LogP contribution in [0.15, 0.2) is 41.9 Å². The number of nitrogens with zero attached hydrogens (tertiary/aromatic N) is 6. The van der Waals surface area contributed by atoms with E-state index in [0.29, 0.717) is 37.5 Å². The van der Waals surface area contributed by atoms with Crippen molar-refractivity contribution in [2.75, 3.05) is 47.5 Å². The van der Waals surface area contributed by atoms with Crippen LogP contribution in [0.3, 0.4) is 0 Å². The third kappa shape index (κ3) is 7.77. The van der Waals surface area contributed by atoms with Gasteiger partial charge in [-0.2, -0.15) is 0 Å². The number of ether oxygens (including phenoxy) is 3. The molecular formula is C46H60N8O7S. The van der Waals surface area contributed by atoms with Crippen LogP contribution in [0, 0.1) is 17.3 Å². The zero-order chi connectivity index (χ0) is 44.2.